The van der Waals surface area contributed by atoms with E-state index < -0.39 is 10.8 Å². The van der Waals surface area contributed by atoms with Crippen molar-refractivity contribution >= 4 is 16.4 Å². The van der Waals surface area contributed by atoms with E-state index in [2.05, 4.69) is 44.7 Å². The molecule has 1 aromatic rings. The molecular weight excluding hydrogens is 328 g/mol. The molecule has 0 aromatic heterocycles. The maximum absolute atomic E-state index is 13.3. The highest BCUT2D eigenvalue weighted by Gasteiger charge is 2.64. The average molecular weight is 357 g/mol. The van der Waals surface area contributed by atoms with Gasteiger partial charge in [-0.3, -0.25) is 4.21 Å². The molecule has 3 aliphatic carbocycles. The Labute approximate surface area is 153 Å². The Morgan fingerprint density at radius 3 is 2.80 bits per heavy atom. The highest BCUT2D eigenvalue weighted by molar-refractivity contribution is 7.89. The molecule has 3 heteroatoms. The van der Waals surface area contributed by atoms with Crippen LogP contribution in [0.15, 0.2) is 41.8 Å². The third-order valence-electron chi connectivity index (χ3n) is 7.42. The summed E-state index contributed by atoms with van der Waals surface area (Å²) in [5, 5.41) is 10.7. The zero-order chi connectivity index (χ0) is 17.8. The van der Waals surface area contributed by atoms with Crippen LogP contribution in [0.4, 0.5) is 0 Å². The minimum Gasteiger partial charge on any atom is -0.392 e. The maximum Gasteiger partial charge on any atom is 0.0613 e. The van der Waals surface area contributed by atoms with Gasteiger partial charge in [-0.25, -0.2) is 0 Å². The van der Waals surface area contributed by atoms with Crippen LogP contribution in [0.2, 0.25) is 0 Å². The summed E-state index contributed by atoms with van der Waals surface area (Å²) in [6.45, 7) is 8.74. The highest BCUT2D eigenvalue weighted by Crippen LogP contribution is 2.66. The van der Waals surface area contributed by atoms with Crippen molar-refractivity contribution in [1.82, 2.24) is 0 Å². The fraction of sp³-hybridized carbons (Fsp3) is 0.545. The van der Waals surface area contributed by atoms with Gasteiger partial charge in [-0.15, -0.1) is 0 Å². The van der Waals surface area contributed by atoms with Gasteiger partial charge in [0, 0.05) is 16.1 Å². The number of rotatable bonds is 4. The molecule has 1 aromatic carbocycles. The summed E-state index contributed by atoms with van der Waals surface area (Å²) >= 11 is 0. The topological polar surface area (TPSA) is 37.3 Å². The van der Waals surface area contributed by atoms with E-state index in [1.807, 2.05) is 6.07 Å². The fourth-order valence-electron chi connectivity index (χ4n) is 5.57. The molecule has 0 radical (unpaired) electrons. The van der Waals surface area contributed by atoms with E-state index in [-0.39, 0.29) is 16.9 Å². The molecule has 2 nitrogen and oxygen atoms in total. The van der Waals surface area contributed by atoms with Gasteiger partial charge in [0.15, 0.2) is 0 Å². The first-order chi connectivity index (χ1) is 11.9. The summed E-state index contributed by atoms with van der Waals surface area (Å²) in [6.07, 6.45) is 6.88. The molecule has 2 bridgehead atoms. The highest BCUT2D eigenvalue weighted by atomic mass is 32.2. The predicted molar refractivity (Wildman–Crippen MR) is 104 cm³/mol. The molecule has 0 heterocycles. The smallest absolute Gasteiger partial charge is 0.0613 e. The Morgan fingerprint density at radius 2 is 2.12 bits per heavy atom. The van der Waals surface area contributed by atoms with Crippen molar-refractivity contribution in [1.29, 1.82) is 0 Å². The van der Waals surface area contributed by atoms with Gasteiger partial charge in [-0.1, -0.05) is 50.8 Å². The molecule has 4 rings (SSSR count). The van der Waals surface area contributed by atoms with E-state index in [4.69, 9.17) is 0 Å². The Kier molecular flexibility index (Phi) is 4.08. The van der Waals surface area contributed by atoms with E-state index in [1.54, 1.807) is 0 Å². The summed E-state index contributed by atoms with van der Waals surface area (Å²) in [5.74, 6) is 1.10. The van der Waals surface area contributed by atoms with Gasteiger partial charge in [-0.05, 0) is 60.1 Å². The molecule has 4 atom stereocenters. The predicted octanol–water partition coefficient (Wildman–Crippen LogP) is 4.47. The second-order valence-corrected chi connectivity index (χ2v) is 10.1. The number of hydrogen-bond donors (Lipinski definition) is 1. The molecule has 1 N–H and O–H groups in total. The summed E-state index contributed by atoms with van der Waals surface area (Å²) in [7, 11) is -1.16. The number of benzene rings is 1. The van der Waals surface area contributed by atoms with E-state index >= 15 is 0 Å². The lowest BCUT2D eigenvalue weighted by Gasteiger charge is -2.40. The Hall–Kier alpha value is -1.19. The Morgan fingerprint density at radius 1 is 1.36 bits per heavy atom. The van der Waals surface area contributed by atoms with Gasteiger partial charge in [0.25, 0.3) is 0 Å². The number of hydrogen-bond acceptors (Lipinski definition) is 2. The van der Waals surface area contributed by atoms with Crippen molar-refractivity contribution in [2.75, 3.05) is 5.75 Å². The number of aryl methyl sites for hydroxylation is 1. The third kappa shape index (κ3) is 2.43. The van der Waals surface area contributed by atoms with Crippen LogP contribution in [0.3, 0.4) is 0 Å². The van der Waals surface area contributed by atoms with Crippen molar-refractivity contribution in [3.05, 3.63) is 53.0 Å². The monoisotopic (exact) mass is 356 g/mol. The molecule has 1 unspecified atom stereocenters. The van der Waals surface area contributed by atoms with Crippen LogP contribution < -0.4 is 0 Å². The standard InChI is InChI=1S/C22H28O2S/c1-15(18-10-6-8-16-7-4-5-9-19(16)18)25(24)14-22-12-11-17(13-20(22)23)21(22,2)3/h4-5,7,9-10,17,20,23H,1,6,8,11-14H2,2-3H3/t17-,20-,22-,25?/m1/s1. The summed E-state index contributed by atoms with van der Waals surface area (Å²) in [5.41, 5.74) is 3.39. The van der Waals surface area contributed by atoms with E-state index in [0.29, 0.717) is 11.7 Å². The van der Waals surface area contributed by atoms with Gasteiger partial charge in [0.05, 0.1) is 16.9 Å². The van der Waals surface area contributed by atoms with Gasteiger partial charge in [0.2, 0.25) is 0 Å². The van der Waals surface area contributed by atoms with Crippen LogP contribution in [0.25, 0.3) is 5.57 Å². The molecule has 134 valence electrons. The summed E-state index contributed by atoms with van der Waals surface area (Å²) in [4.78, 5) is 0.736. The Bertz CT molecular complexity index is 776. The second kappa shape index (κ2) is 5.92. The summed E-state index contributed by atoms with van der Waals surface area (Å²) in [6, 6.07) is 8.37. The lowest BCUT2D eigenvalue weighted by atomic mass is 9.70. The maximum atomic E-state index is 13.3. The molecule has 2 fully saturated rings. The van der Waals surface area contributed by atoms with Crippen LogP contribution in [0.5, 0.6) is 0 Å². The van der Waals surface area contributed by atoms with E-state index in [1.165, 1.54) is 11.1 Å². The van der Waals surface area contributed by atoms with Crippen LogP contribution in [-0.2, 0) is 17.2 Å². The molecule has 0 aliphatic heterocycles. The van der Waals surface area contributed by atoms with Crippen LogP contribution in [-0.4, -0.2) is 21.2 Å². The molecule has 2 saturated carbocycles. The molecule has 0 saturated heterocycles. The van der Waals surface area contributed by atoms with E-state index in [9.17, 15) is 9.32 Å². The number of allylic oxidation sites excluding steroid dienone is 2. The van der Waals surface area contributed by atoms with Crippen LogP contribution >= 0.6 is 0 Å². The van der Waals surface area contributed by atoms with Crippen molar-refractivity contribution in [3.63, 3.8) is 0 Å². The fourth-order valence-corrected chi connectivity index (χ4v) is 7.36. The molecule has 0 amide bonds. The molecular formula is C22H28O2S. The summed E-state index contributed by atoms with van der Waals surface area (Å²) < 4.78 is 13.3. The van der Waals surface area contributed by atoms with Gasteiger partial charge in [0.1, 0.15) is 0 Å². The first-order valence-electron chi connectivity index (χ1n) is 9.41. The lowest BCUT2D eigenvalue weighted by Crippen LogP contribution is -2.43. The Balaban J connectivity index is 1.60. The van der Waals surface area contributed by atoms with E-state index in [0.717, 1.165) is 42.6 Å². The molecule has 25 heavy (non-hydrogen) atoms. The largest absolute Gasteiger partial charge is 0.392 e. The third-order valence-corrected chi connectivity index (χ3v) is 8.97. The minimum absolute atomic E-state index is 0.0568. The van der Waals surface area contributed by atoms with Crippen molar-refractivity contribution < 1.29 is 9.32 Å². The van der Waals surface area contributed by atoms with Crippen molar-refractivity contribution in [3.8, 4) is 0 Å². The second-order valence-electron chi connectivity index (χ2n) is 8.59. The van der Waals surface area contributed by atoms with Gasteiger partial charge in [-0.2, -0.15) is 0 Å². The average Bonchev–Trinajstić information content (AvgIpc) is 2.95. The van der Waals surface area contributed by atoms with Gasteiger partial charge >= 0.3 is 0 Å². The minimum atomic E-state index is -1.16. The van der Waals surface area contributed by atoms with Crippen LogP contribution in [0, 0.1) is 16.7 Å². The SMILES string of the molecule is C=C(C1=CCCc2ccccc21)S(=O)C[C@]12CC[C@H](C[C@H]1O)C2(C)C. The number of fused-ring (bicyclic) bond motifs is 3. The molecule has 3 aliphatic rings. The zero-order valence-corrected chi connectivity index (χ0v) is 16.1. The lowest BCUT2D eigenvalue weighted by molar-refractivity contribution is 0.0162. The zero-order valence-electron chi connectivity index (χ0n) is 15.3. The first kappa shape index (κ1) is 17.2. The van der Waals surface area contributed by atoms with Gasteiger partial charge < -0.3 is 5.11 Å². The number of aliphatic hydroxyl groups is 1. The van der Waals surface area contributed by atoms with Crippen molar-refractivity contribution in [2.24, 2.45) is 16.7 Å². The quantitative estimate of drug-likeness (QED) is 0.864. The normalized spacial score (nSPS) is 33.6. The molecule has 0 spiro atoms. The van der Waals surface area contributed by atoms with Crippen LogP contribution in [0.1, 0.15) is 50.7 Å². The van der Waals surface area contributed by atoms with Crippen molar-refractivity contribution in [2.45, 2.75) is 52.1 Å². The number of aliphatic hydroxyl groups excluding tert-OH is 1. The first-order valence-corrected chi connectivity index (χ1v) is 10.7.